The van der Waals surface area contributed by atoms with Crippen LogP contribution in [0.15, 0.2) is 0 Å². The fourth-order valence-electron chi connectivity index (χ4n) is 3.47. The van der Waals surface area contributed by atoms with Crippen LogP contribution in [0.5, 0.6) is 0 Å². The van der Waals surface area contributed by atoms with E-state index in [1.165, 1.54) is 0 Å². The van der Waals surface area contributed by atoms with Crippen molar-refractivity contribution in [2.75, 3.05) is 0 Å². The lowest BCUT2D eigenvalue weighted by Gasteiger charge is -2.39. The Morgan fingerprint density at radius 3 is 1.78 bits per heavy atom. The van der Waals surface area contributed by atoms with Crippen molar-refractivity contribution in [2.24, 2.45) is 17.8 Å². The first-order valence-electron chi connectivity index (χ1n) is 6.69. The van der Waals surface area contributed by atoms with Crippen LogP contribution in [-0.4, -0.2) is 24.1 Å². The van der Waals surface area contributed by atoms with Crippen LogP contribution in [0.1, 0.15) is 38.5 Å². The van der Waals surface area contributed by atoms with Gasteiger partial charge in [-0.2, -0.15) is 0 Å². The summed E-state index contributed by atoms with van der Waals surface area (Å²) < 4.78 is 52.5. The summed E-state index contributed by atoms with van der Waals surface area (Å²) in [6, 6.07) is 0. The lowest BCUT2D eigenvalue weighted by Crippen LogP contribution is -2.42. The maximum atomic E-state index is 13.7. The van der Waals surface area contributed by atoms with Crippen LogP contribution in [0.25, 0.3) is 0 Å². The molecule has 0 amide bonds. The average molecular weight is 287 g/mol. The third kappa shape index (κ3) is 3.12. The van der Waals surface area contributed by atoms with Crippen molar-refractivity contribution in [3.63, 3.8) is 0 Å². The molecule has 0 saturated heterocycles. The molecule has 106 valence electrons. The van der Waals surface area contributed by atoms with E-state index in [0.29, 0.717) is 0 Å². The molecule has 2 atom stereocenters. The highest BCUT2D eigenvalue weighted by molar-refractivity contribution is 6.20. The standard InChI is InChI=1S/C13H19ClF4/c14-9-3-1-7(2-4-9)8-5-10(15)12(13(17)18)11(16)6-8/h7-13H,1-6H2. The number of rotatable bonds is 2. The van der Waals surface area contributed by atoms with Crippen molar-refractivity contribution < 1.29 is 17.6 Å². The second kappa shape index (κ2) is 5.98. The summed E-state index contributed by atoms with van der Waals surface area (Å²) in [5.74, 6) is -1.55. The first-order chi connectivity index (χ1) is 8.49. The minimum atomic E-state index is -2.89. The number of hydrogen-bond donors (Lipinski definition) is 0. The summed E-state index contributed by atoms with van der Waals surface area (Å²) in [5, 5.41) is 0.168. The van der Waals surface area contributed by atoms with Gasteiger partial charge in [0.2, 0.25) is 6.43 Å². The van der Waals surface area contributed by atoms with Crippen LogP contribution < -0.4 is 0 Å². The summed E-state index contributed by atoms with van der Waals surface area (Å²) in [6.07, 6.45) is -2.63. The van der Waals surface area contributed by atoms with Crippen molar-refractivity contribution in [1.29, 1.82) is 0 Å². The van der Waals surface area contributed by atoms with Gasteiger partial charge < -0.3 is 0 Å². The van der Waals surface area contributed by atoms with E-state index in [0.717, 1.165) is 25.7 Å². The van der Waals surface area contributed by atoms with Crippen LogP contribution in [0.3, 0.4) is 0 Å². The van der Waals surface area contributed by atoms with Gasteiger partial charge in [0.15, 0.2) is 0 Å². The molecule has 2 rings (SSSR count). The molecule has 2 saturated carbocycles. The normalized spacial score (nSPS) is 46.3. The van der Waals surface area contributed by atoms with Gasteiger partial charge in [-0.05, 0) is 50.4 Å². The molecule has 0 radical (unpaired) electrons. The Hall–Kier alpha value is 0.01000. The van der Waals surface area contributed by atoms with Crippen molar-refractivity contribution in [3.05, 3.63) is 0 Å². The molecule has 0 heterocycles. The van der Waals surface area contributed by atoms with Gasteiger partial charge in [-0.1, -0.05) is 0 Å². The van der Waals surface area contributed by atoms with E-state index in [-0.39, 0.29) is 30.1 Å². The predicted octanol–water partition coefficient (Wildman–Crippen LogP) is 4.75. The second-order valence-electron chi connectivity index (χ2n) is 5.69. The molecule has 0 bridgehead atoms. The van der Waals surface area contributed by atoms with Gasteiger partial charge in [-0.25, -0.2) is 17.6 Å². The molecule has 2 unspecified atom stereocenters. The first-order valence-corrected chi connectivity index (χ1v) is 7.13. The topological polar surface area (TPSA) is 0 Å². The Kier molecular flexibility index (Phi) is 4.79. The average Bonchev–Trinajstić information content (AvgIpc) is 2.28. The zero-order valence-corrected chi connectivity index (χ0v) is 10.9. The molecule has 0 spiro atoms. The SMILES string of the molecule is FC(F)C1C(F)CC(C2CCC(Cl)CC2)CC1F. The largest absolute Gasteiger partial charge is 0.247 e. The molecule has 0 aromatic carbocycles. The molecule has 2 aliphatic rings. The molecule has 2 aliphatic carbocycles. The van der Waals surface area contributed by atoms with Crippen molar-refractivity contribution >= 4 is 11.6 Å². The monoisotopic (exact) mass is 286 g/mol. The fourth-order valence-corrected chi connectivity index (χ4v) is 3.72. The molecular weight excluding hydrogens is 268 g/mol. The minimum Gasteiger partial charge on any atom is -0.247 e. The van der Waals surface area contributed by atoms with Crippen molar-refractivity contribution in [3.8, 4) is 0 Å². The summed E-state index contributed by atoms with van der Waals surface area (Å²) in [5.41, 5.74) is 0. The van der Waals surface area contributed by atoms with Crippen molar-refractivity contribution in [1.82, 2.24) is 0 Å². The van der Waals surface area contributed by atoms with Crippen LogP contribution in [0, 0.1) is 17.8 Å². The van der Waals surface area contributed by atoms with E-state index in [9.17, 15) is 17.6 Å². The van der Waals surface area contributed by atoms with Gasteiger partial charge in [-0.15, -0.1) is 11.6 Å². The Morgan fingerprint density at radius 2 is 1.33 bits per heavy atom. The highest BCUT2D eigenvalue weighted by atomic mass is 35.5. The van der Waals surface area contributed by atoms with E-state index < -0.39 is 24.7 Å². The van der Waals surface area contributed by atoms with E-state index in [2.05, 4.69) is 0 Å². The summed E-state index contributed by atoms with van der Waals surface area (Å²) in [6.45, 7) is 0. The maximum Gasteiger partial charge on any atom is 0.247 e. The van der Waals surface area contributed by atoms with E-state index in [4.69, 9.17) is 11.6 Å². The van der Waals surface area contributed by atoms with Gasteiger partial charge in [0.1, 0.15) is 12.3 Å². The summed E-state index contributed by atoms with van der Waals surface area (Å²) >= 11 is 6.00. The molecule has 0 aliphatic heterocycles. The molecule has 0 N–H and O–H groups in total. The summed E-state index contributed by atoms with van der Waals surface area (Å²) in [4.78, 5) is 0. The second-order valence-corrected chi connectivity index (χ2v) is 6.30. The van der Waals surface area contributed by atoms with Crippen LogP contribution >= 0.6 is 11.6 Å². The number of alkyl halides is 5. The van der Waals surface area contributed by atoms with Crippen molar-refractivity contribution in [2.45, 2.75) is 62.7 Å². The Balaban J connectivity index is 1.93. The van der Waals surface area contributed by atoms with Crippen LogP contribution in [-0.2, 0) is 0 Å². The summed E-state index contributed by atoms with van der Waals surface area (Å²) in [7, 11) is 0. The van der Waals surface area contributed by atoms with E-state index >= 15 is 0 Å². The zero-order chi connectivity index (χ0) is 13.3. The lowest BCUT2D eigenvalue weighted by molar-refractivity contribution is -0.0628. The lowest BCUT2D eigenvalue weighted by atomic mass is 9.69. The maximum absolute atomic E-state index is 13.7. The predicted molar refractivity (Wildman–Crippen MR) is 63.6 cm³/mol. The van der Waals surface area contributed by atoms with Gasteiger partial charge in [0, 0.05) is 5.38 Å². The van der Waals surface area contributed by atoms with E-state index in [1.807, 2.05) is 0 Å². The quantitative estimate of drug-likeness (QED) is 0.507. The van der Waals surface area contributed by atoms with Crippen LogP contribution in [0.2, 0.25) is 0 Å². The highest BCUT2D eigenvalue weighted by Gasteiger charge is 2.45. The molecule has 0 aromatic heterocycles. The smallest absolute Gasteiger partial charge is 0.247 e. The Morgan fingerprint density at radius 1 is 0.833 bits per heavy atom. The molecule has 18 heavy (non-hydrogen) atoms. The van der Waals surface area contributed by atoms with E-state index in [1.54, 1.807) is 0 Å². The molecular formula is C13H19ClF4. The van der Waals surface area contributed by atoms with Gasteiger partial charge in [0.25, 0.3) is 0 Å². The molecule has 0 aromatic rings. The third-order valence-electron chi connectivity index (χ3n) is 4.55. The molecule has 5 heteroatoms. The zero-order valence-electron chi connectivity index (χ0n) is 10.2. The molecule has 0 nitrogen and oxygen atoms in total. The van der Waals surface area contributed by atoms with Crippen LogP contribution in [0.4, 0.5) is 17.6 Å². The number of hydrogen-bond acceptors (Lipinski definition) is 0. The third-order valence-corrected chi connectivity index (χ3v) is 4.99. The molecule has 2 fully saturated rings. The van der Waals surface area contributed by atoms with Gasteiger partial charge in [0.05, 0.1) is 5.92 Å². The number of halogens is 5. The highest BCUT2D eigenvalue weighted by Crippen LogP contribution is 2.44. The first kappa shape index (κ1) is 14.4. The van der Waals surface area contributed by atoms with Gasteiger partial charge >= 0.3 is 0 Å². The Bertz CT molecular complexity index is 254. The van der Waals surface area contributed by atoms with Gasteiger partial charge in [-0.3, -0.25) is 0 Å². The Labute approximate surface area is 110 Å². The fraction of sp³-hybridized carbons (Fsp3) is 1.00. The minimum absolute atomic E-state index is 0.0887.